The summed E-state index contributed by atoms with van der Waals surface area (Å²) in [7, 11) is 1.67. The molecule has 2 rings (SSSR count). The van der Waals surface area contributed by atoms with Gasteiger partial charge in [-0.15, -0.1) is 0 Å². The van der Waals surface area contributed by atoms with Gasteiger partial charge in [0, 0.05) is 12.7 Å². The van der Waals surface area contributed by atoms with Gasteiger partial charge in [0.15, 0.2) is 11.5 Å². The van der Waals surface area contributed by atoms with Crippen LogP contribution in [0.25, 0.3) is 0 Å². The monoisotopic (exact) mass is 223 g/mol. The lowest BCUT2D eigenvalue weighted by atomic mass is 9.95. The number of methoxy groups -OCH3 is 1. The second-order valence-electron chi connectivity index (χ2n) is 3.94. The number of rotatable bonds is 4. The van der Waals surface area contributed by atoms with Crippen molar-refractivity contribution in [3.05, 3.63) is 23.3 Å². The Hall–Kier alpha value is -1.26. The van der Waals surface area contributed by atoms with Crippen LogP contribution in [0.1, 0.15) is 24.0 Å². The molecule has 1 unspecified atom stereocenters. The average Bonchev–Trinajstić information content (AvgIpc) is 2.77. The molecule has 1 atom stereocenters. The van der Waals surface area contributed by atoms with E-state index in [1.165, 1.54) is 5.56 Å². The van der Waals surface area contributed by atoms with Gasteiger partial charge in [-0.2, -0.15) is 0 Å². The van der Waals surface area contributed by atoms with Crippen LogP contribution in [-0.2, 0) is 11.3 Å². The van der Waals surface area contributed by atoms with E-state index in [1.54, 1.807) is 7.11 Å². The highest BCUT2D eigenvalue weighted by atomic mass is 16.7. The summed E-state index contributed by atoms with van der Waals surface area (Å²) in [6.07, 6.45) is 0. The summed E-state index contributed by atoms with van der Waals surface area (Å²) in [5.41, 5.74) is 7.93. The molecule has 0 aromatic heterocycles. The van der Waals surface area contributed by atoms with Gasteiger partial charge in [0.25, 0.3) is 0 Å². The Morgan fingerprint density at radius 1 is 1.44 bits per heavy atom. The van der Waals surface area contributed by atoms with Crippen molar-refractivity contribution >= 4 is 0 Å². The molecule has 1 aromatic rings. The lowest BCUT2D eigenvalue weighted by Gasteiger charge is -2.16. The molecule has 2 N–H and O–H groups in total. The Balaban J connectivity index is 2.44. The lowest BCUT2D eigenvalue weighted by molar-refractivity contribution is 0.162. The van der Waals surface area contributed by atoms with Crippen LogP contribution >= 0.6 is 0 Å². The summed E-state index contributed by atoms with van der Waals surface area (Å²) < 4.78 is 16.0. The van der Waals surface area contributed by atoms with Crippen LogP contribution in [0.3, 0.4) is 0 Å². The molecule has 4 heteroatoms. The fourth-order valence-corrected chi connectivity index (χ4v) is 1.93. The zero-order valence-corrected chi connectivity index (χ0v) is 9.66. The van der Waals surface area contributed by atoms with Crippen molar-refractivity contribution in [1.82, 2.24) is 0 Å². The maximum Gasteiger partial charge on any atom is 0.231 e. The molecule has 0 bridgehead atoms. The summed E-state index contributed by atoms with van der Waals surface area (Å²) in [4.78, 5) is 0. The number of nitrogens with two attached hydrogens (primary N) is 1. The Morgan fingerprint density at radius 3 is 2.94 bits per heavy atom. The first kappa shape index (κ1) is 11.2. The van der Waals surface area contributed by atoms with E-state index < -0.39 is 0 Å². The van der Waals surface area contributed by atoms with E-state index in [2.05, 4.69) is 6.92 Å². The molecule has 0 aliphatic carbocycles. The predicted molar refractivity (Wildman–Crippen MR) is 60.7 cm³/mol. The van der Waals surface area contributed by atoms with Gasteiger partial charge < -0.3 is 19.9 Å². The number of hydrogen-bond donors (Lipinski definition) is 1. The molecule has 0 saturated heterocycles. The minimum atomic E-state index is 0.284. The van der Waals surface area contributed by atoms with Crippen LogP contribution < -0.4 is 15.2 Å². The third kappa shape index (κ3) is 1.86. The largest absolute Gasteiger partial charge is 0.454 e. The molecular formula is C12H17NO3. The van der Waals surface area contributed by atoms with Gasteiger partial charge in [-0.25, -0.2) is 0 Å². The van der Waals surface area contributed by atoms with E-state index >= 15 is 0 Å². The summed E-state index contributed by atoms with van der Waals surface area (Å²) in [5, 5.41) is 0. The maximum atomic E-state index is 5.70. The topological polar surface area (TPSA) is 53.7 Å². The second kappa shape index (κ2) is 4.72. The molecule has 1 heterocycles. The van der Waals surface area contributed by atoms with Gasteiger partial charge in [-0.3, -0.25) is 0 Å². The molecule has 1 aliphatic rings. The van der Waals surface area contributed by atoms with Crippen molar-refractivity contribution in [3.8, 4) is 11.5 Å². The first-order valence-electron chi connectivity index (χ1n) is 5.38. The third-order valence-corrected chi connectivity index (χ3v) is 2.85. The summed E-state index contributed by atoms with van der Waals surface area (Å²) in [6.45, 7) is 3.51. The predicted octanol–water partition coefficient (Wildman–Crippen LogP) is 1.62. The van der Waals surface area contributed by atoms with Gasteiger partial charge in [0.1, 0.15) is 0 Å². The zero-order valence-electron chi connectivity index (χ0n) is 9.66. The van der Waals surface area contributed by atoms with Crippen molar-refractivity contribution in [3.63, 3.8) is 0 Å². The molecule has 4 nitrogen and oxygen atoms in total. The van der Waals surface area contributed by atoms with Crippen LogP contribution in [-0.4, -0.2) is 20.4 Å². The molecule has 0 fully saturated rings. The van der Waals surface area contributed by atoms with E-state index in [4.69, 9.17) is 19.9 Å². The standard InChI is InChI=1S/C12H17NO3/c1-8(5-13)9-3-4-11-12(16-7-15-11)10(9)6-14-2/h3-4,8H,5-7,13H2,1-2H3. The molecule has 1 aromatic carbocycles. The Morgan fingerprint density at radius 2 is 2.25 bits per heavy atom. The van der Waals surface area contributed by atoms with Crippen molar-refractivity contribution < 1.29 is 14.2 Å². The minimum absolute atomic E-state index is 0.284. The molecule has 88 valence electrons. The van der Waals surface area contributed by atoms with E-state index in [0.29, 0.717) is 19.1 Å². The van der Waals surface area contributed by atoms with E-state index in [0.717, 1.165) is 17.1 Å². The van der Waals surface area contributed by atoms with Crippen LogP contribution in [0, 0.1) is 0 Å². The molecular weight excluding hydrogens is 206 g/mol. The normalized spacial score (nSPS) is 15.2. The van der Waals surface area contributed by atoms with E-state index in [1.807, 2.05) is 12.1 Å². The number of fused-ring (bicyclic) bond motifs is 1. The number of benzene rings is 1. The highest BCUT2D eigenvalue weighted by Crippen LogP contribution is 2.39. The van der Waals surface area contributed by atoms with E-state index in [9.17, 15) is 0 Å². The van der Waals surface area contributed by atoms with Crippen LogP contribution in [0.4, 0.5) is 0 Å². The van der Waals surface area contributed by atoms with Crippen molar-refractivity contribution in [1.29, 1.82) is 0 Å². The van der Waals surface area contributed by atoms with Crippen LogP contribution in [0.2, 0.25) is 0 Å². The molecule has 0 saturated carbocycles. The quantitative estimate of drug-likeness (QED) is 0.842. The maximum absolute atomic E-state index is 5.70. The molecule has 0 radical (unpaired) electrons. The molecule has 0 amide bonds. The molecule has 16 heavy (non-hydrogen) atoms. The lowest BCUT2D eigenvalue weighted by Crippen LogP contribution is -2.11. The molecule has 1 aliphatic heterocycles. The van der Waals surface area contributed by atoms with Gasteiger partial charge >= 0.3 is 0 Å². The average molecular weight is 223 g/mol. The van der Waals surface area contributed by atoms with Gasteiger partial charge in [-0.1, -0.05) is 13.0 Å². The van der Waals surface area contributed by atoms with Crippen LogP contribution in [0.5, 0.6) is 11.5 Å². The number of ether oxygens (including phenoxy) is 3. The fraction of sp³-hybridized carbons (Fsp3) is 0.500. The van der Waals surface area contributed by atoms with Crippen molar-refractivity contribution in [2.45, 2.75) is 19.4 Å². The minimum Gasteiger partial charge on any atom is -0.454 e. The fourth-order valence-electron chi connectivity index (χ4n) is 1.93. The summed E-state index contributed by atoms with van der Waals surface area (Å²) >= 11 is 0. The molecule has 0 spiro atoms. The summed E-state index contributed by atoms with van der Waals surface area (Å²) in [6, 6.07) is 3.97. The zero-order chi connectivity index (χ0) is 11.5. The Kier molecular flexibility index (Phi) is 3.31. The highest BCUT2D eigenvalue weighted by molar-refractivity contribution is 5.52. The van der Waals surface area contributed by atoms with Crippen molar-refractivity contribution in [2.24, 2.45) is 5.73 Å². The highest BCUT2D eigenvalue weighted by Gasteiger charge is 2.22. The number of hydrogen-bond acceptors (Lipinski definition) is 4. The summed E-state index contributed by atoms with van der Waals surface area (Å²) in [5.74, 6) is 1.89. The third-order valence-electron chi connectivity index (χ3n) is 2.85. The first-order valence-corrected chi connectivity index (χ1v) is 5.38. The van der Waals surface area contributed by atoms with Gasteiger partial charge in [0.2, 0.25) is 6.79 Å². The van der Waals surface area contributed by atoms with Gasteiger partial charge in [-0.05, 0) is 24.1 Å². The second-order valence-corrected chi connectivity index (χ2v) is 3.94. The first-order chi connectivity index (χ1) is 7.77. The Labute approximate surface area is 95.3 Å². The van der Waals surface area contributed by atoms with Gasteiger partial charge in [0.05, 0.1) is 6.61 Å². The van der Waals surface area contributed by atoms with Crippen molar-refractivity contribution in [2.75, 3.05) is 20.4 Å². The Bertz CT molecular complexity index is 379. The SMILES string of the molecule is COCc1c(C(C)CN)ccc2c1OCO2. The van der Waals surface area contributed by atoms with E-state index in [-0.39, 0.29) is 6.79 Å². The smallest absolute Gasteiger partial charge is 0.231 e. The van der Waals surface area contributed by atoms with Crippen LogP contribution in [0.15, 0.2) is 12.1 Å².